The lowest BCUT2D eigenvalue weighted by Crippen LogP contribution is -2.28. The molecule has 1 amide bonds. The molecule has 4 rings (SSSR count). The number of hydrogen-bond donors (Lipinski definition) is 4. The minimum absolute atomic E-state index is 0.0495. The van der Waals surface area contributed by atoms with E-state index in [9.17, 15) is 20.4 Å². The number of aliphatic hydroxyl groups is 1. The topological polar surface area (TPSA) is 147 Å². The van der Waals surface area contributed by atoms with E-state index in [1.807, 2.05) is 26.0 Å². The van der Waals surface area contributed by atoms with Gasteiger partial charge in [-0.25, -0.2) is 9.97 Å². The number of fused-ring (bicyclic) bond motifs is 1. The molecule has 1 unspecified atom stereocenters. The first-order valence-corrected chi connectivity index (χ1v) is 12.2. The third kappa shape index (κ3) is 5.27. The van der Waals surface area contributed by atoms with E-state index in [0.29, 0.717) is 47.0 Å². The average molecular weight is 506 g/mol. The van der Waals surface area contributed by atoms with Crippen LogP contribution in [0.15, 0.2) is 36.5 Å². The fraction of sp³-hybridized carbons (Fsp3) is 0.276. The van der Waals surface area contributed by atoms with E-state index < -0.39 is 5.41 Å². The van der Waals surface area contributed by atoms with Crippen molar-refractivity contribution >= 4 is 23.2 Å². The molecule has 4 N–H and O–H groups in total. The van der Waals surface area contributed by atoms with E-state index >= 15 is 0 Å². The zero-order valence-electron chi connectivity index (χ0n) is 21.4. The van der Waals surface area contributed by atoms with Crippen LogP contribution in [0.3, 0.4) is 0 Å². The molecule has 9 heteroatoms. The predicted octanol–water partition coefficient (Wildman–Crippen LogP) is 3.49. The number of hydrogen-bond acceptors (Lipinski definition) is 8. The van der Waals surface area contributed by atoms with Crippen molar-refractivity contribution in [3.05, 3.63) is 64.3 Å². The van der Waals surface area contributed by atoms with Crippen LogP contribution in [0, 0.1) is 41.4 Å². The summed E-state index contributed by atoms with van der Waals surface area (Å²) in [6.07, 6.45) is 2.01. The number of rotatable bonds is 6. The van der Waals surface area contributed by atoms with Crippen LogP contribution in [0.2, 0.25) is 0 Å². The molecule has 0 aliphatic carbocycles. The molecule has 1 atom stereocenters. The number of nitrogens with one attached hydrogen (secondary N) is 3. The molecule has 0 saturated heterocycles. The van der Waals surface area contributed by atoms with Crippen molar-refractivity contribution < 1.29 is 9.90 Å². The molecule has 190 valence electrons. The number of anilines is 3. The molecule has 2 aromatic carbocycles. The second-order valence-corrected chi connectivity index (χ2v) is 9.28. The van der Waals surface area contributed by atoms with Crippen LogP contribution >= 0.6 is 0 Å². The first kappa shape index (κ1) is 26.2. The van der Waals surface area contributed by atoms with Gasteiger partial charge in [0.15, 0.2) is 0 Å². The van der Waals surface area contributed by atoms with Gasteiger partial charge in [-0.2, -0.15) is 10.5 Å². The van der Waals surface area contributed by atoms with Crippen LogP contribution in [0.25, 0.3) is 11.3 Å². The van der Waals surface area contributed by atoms with Gasteiger partial charge >= 0.3 is 0 Å². The van der Waals surface area contributed by atoms with Gasteiger partial charge in [0.05, 0.1) is 35.7 Å². The second-order valence-electron chi connectivity index (χ2n) is 9.28. The Morgan fingerprint density at radius 3 is 2.68 bits per heavy atom. The fourth-order valence-corrected chi connectivity index (χ4v) is 4.21. The van der Waals surface area contributed by atoms with E-state index in [-0.39, 0.29) is 19.1 Å². The summed E-state index contributed by atoms with van der Waals surface area (Å²) in [5.41, 5.74) is 5.42. The Kier molecular flexibility index (Phi) is 7.58. The monoisotopic (exact) mass is 505 g/mol. The van der Waals surface area contributed by atoms with Crippen LogP contribution in [-0.4, -0.2) is 40.7 Å². The largest absolute Gasteiger partial charge is 0.395 e. The normalized spacial score (nSPS) is 15.2. The van der Waals surface area contributed by atoms with Gasteiger partial charge in [0.2, 0.25) is 11.9 Å². The Morgan fingerprint density at radius 1 is 1.18 bits per heavy atom. The van der Waals surface area contributed by atoms with Crippen molar-refractivity contribution in [2.24, 2.45) is 0 Å². The minimum Gasteiger partial charge on any atom is -0.395 e. The Hall–Kier alpha value is -4.91. The Morgan fingerprint density at radius 2 is 1.97 bits per heavy atom. The maximum absolute atomic E-state index is 11.4. The highest BCUT2D eigenvalue weighted by Gasteiger charge is 2.36. The van der Waals surface area contributed by atoms with Crippen molar-refractivity contribution in [3.8, 4) is 35.2 Å². The summed E-state index contributed by atoms with van der Waals surface area (Å²) in [4.78, 5) is 20.4. The van der Waals surface area contributed by atoms with Crippen LogP contribution in [0.1, 0.15) is 48.1 Å². The first-order chi connectivity index (χ1) is 18.3. The molecule has 0 bridgehead atoms. The number of aliphatic hydroxyl groups excluding tert-OH is 1. The summed E-state index contributed by atoms with van der Waals surface area (Å²) in [5.74, 6) is 6.08. The van der Waals surface area contributed by atoms with Crippen molar-refractivity contribution in [1.29, 1.82) is 10.5 Å². The van der Waals surface area contributed by atoms with Crippen LogP contribution in [-0.2, 0) is 10.2 Å². The lowest BCUT2D eigenvalue weighted by Gasteiger charge is -2.21. The Bertz CT molecular complexity index is 1560. The standard InChI is InChI=1S/C29H27N7O2/c1-4-26(38)32-8-5-6-19-10-18(2)25(13-21(19)14-30)36-28-33-9-7-24(35-28)20-11-22(15-31)27-23(12-20)29(3,17-37)16-34-27/h7,9-13,34,37H,4,8,16-17H2,1-3H3,(H,32,38)(H,33,35,36). The molecular weight excluding hydrogens is 478 g/mol. The van der Waals surface area contributed by atoms with Crippen molar-refractivity contribution in [2.45, 2.75) is 32.6 Å². The quantitative estimate of drug-likeness (QED) is 0.372. The zero-order valence-corrected chi connectivity index (χ0v) is 21.4. The molecule has 0 fully saturated rings. The maximum atomic E-state index is 11.4. The number of aryl methyl sites for hydroxylation is 1. The molecular formula is C29H27N7O2. The minimum atomic E-state index is -0.498. The van der Waals surface area contributed by atoms with Gasteiger partial charge in [-0.15, -0.1) is 0 Å². The summed E-state index contributed by atoms with van der Waals surface area (Å²) in [7, 11) is 0. The second kappa shape index (κ2) is 11.0. The molecule has 1 aliphatic rings. The summed E-state index contributed by atoms with van der Waals surface area (Å²) in [5, 5.41) is 38.5. The highest BCUT2D eigenvalue weighted by atomic mass is 16.3. The first-order valence-electron chi connectivity index (χ1n) is 12.2. The van der Waals surface area contributed by atoms with E-state index in [4.69, 9.17) is 0 Å². The highest BCUT2D eigenvalue weighted by molar-refractivity contribution is 5.77. The van der Waals surface area contributed by atoms with Gasteiger partial charge in [-0.1, -0.05) is 25.7 Å². The molecule has 38 heavy (non-hydrogen) atoms. The van der Waals surface area contributed by atoms with Crippen LogP contribution in [0.4, 0.5) is 17.3 Å². The Balaban J connectivity index is 1.62. The third-order valence-corrected chi connectivity index (χ3v) is 6.51. The van der Waals surface area contributed by atoms with Gasteiger partial charge in [0, 0.05) is 41.4 Å². The molecule has 0 radical (unpaired) electrons. The van der Waals surface area contributed by atoms with E-state index in [1.165, 1.54) is 0 Å². The van der Waals surface area contributed by atoms with Gasteiger partial charge in [-0.3, -0.25) is 4.79 Å². The molecule has 0 spiro atoms. The third-order valence-electron chi connectivity index (χ3n) is 6.51. The Labute approximate surface area is 221 Å². The zero-order chi connectivity index (χ0) is 27.3. The number of benzene rings is 2. The molecule has 1 aliphatic heterocycles. The van der Waals surface area contributed by atoms with Crippen LogP contribution < -0.4 is 16.0 Å². The summed E-state index contributed by atoms with van der Waals surface area (Å²) in [6.45, 7) is 6.31. The fourth-order valence-electron chi connectivity index (χ4n) is 4.21. The molecule has 1 aromatic heterocycles. The number of nitriles is 2. The van der Waals surface area contributed by atoms with Gasteiger partial charge < -0.3 is 21.1 Å². The number of carbonyl (C=O) groups excluding carboxylic acids is 1. The van der Waals surface area contributed by atoms with Crippen molar-refractivity contribution in [2.75, 3.05) is 30.3 Å². The maximum Gasteiger partial charge on any atom is 0.227 e. The molecule has 3 aromatic rings. The number of amides is 1. The molecule has 0 saturated carbocycles. The van der Waals surface area contributed by atoms with Gasteiger partial charge in [0.25, 0.3) is 0 Å². The van der Waals surface area contributed by atoms with E-state index in [2.05, 4.69) is 49.9 Å². The lowest BCUT2D eigenvalue weighted by molar-refractivity contribution is -0.120. The van der Waals surface area contributed by atoms with Crippen molar-refractivity contribution in [3.63, 3.8) is 0 Å². The number of carbonyl (C=O) groups is 1. The molecule has 9 nitrogen and oxygen atoms in total. The lowest BCUT2D eigenvalue weighted by atomic mass is 9.83. The van der Waals surface area contributed by atoms with E-state index in [0.717, 1.165) is 22.4 Å². The summed E-state index contributed by atoms with van der Waals surface area (Å²) >= 11 is 0. The number of aromatic nitrogens is 2. The smallest absolute Gasteiger partial charge is 0.227 e. The summed E-state index contributed by atoms with van der Waals surface area (Å²) < 4.78 is 0. The molecule has 2 heterocycles. The van der Waals surface area contributed by atoms with Gasteiger partial charge in [-0.05, 0) is 48.4 Å². The SMILES string of the molecule is CCC(=O)NCC#Cc1cc(C)c(Nc2nccc(-c3cc(C#N)c4c(c3)C(C)(CO)CN4)n2)cc1C#N. The average Bonchev–Trinajstić information content (AvgIpc) is 3.28. The summed E-state index contributed by atoms with van der Waals surface area (Å²) in [6, 6.07) is 13.4. The van der Waals surface area contributed by atoms with Gasteiger partial charge in [0.1, 0.15) is 12.1 Å². The predicted molar refractivity (Wildman–Crippen MR) is 144 cm³/mol. The van der Waals surface area contributed by atoms with Crippen molar-refractivity contribution in [1.82, 2.24) is 15.3 Å². The highest BCUT2D eigenvalue weighted by Crippen LogP contribution is 2.41. The van der Waals surface area contributed by atoms with Crippen LogP contribution in [0.5, 0.6) is 0 Å². The number of nitrogens with zero attached hydrogens (tertiary/aromatic N) is 4. The van der Waals surface area contributed by atoms with E-state index in [1.54, 1.807) is 31.3 Å².